The van der Waals surface area contributed by atoms with E-state index in [1.54, 1.807) is 16.7 Å². The summed E-state index contributed by atoms with van der Waals surface area (Å²) in [4.78, 5) is 12.1. The molecule has 120 valence electrons. The largest absolute Gasteiger partial charge is 0.416 e. The summed E-state index contributed by atoms with van der Waals surface area (Å²) >= 11 is 0. The van der Waals surface area contributed by atoms with Gasteiger partial charge in [-0.1, -0.05) is 12.1 Å². The molecule has 1 aromatic carbocycles. The number of benzene rings is 1. The normalized spacial score (nSPS) is 17.5. The molecule has 0 saturated heterocycles. The maximum atomic E-state index is 12.6. The molecule has 2 heterocycles. The number of nitrogens with two attached hydrogens (primary N) is 1. The molecule has 23 heavy (non-hydrogen) atoms. The molecule has 0 spiro atoms. The topological polar surface area (TPSA) is 83.9 Å². The fourth-order valence-electron chi connectivity index (χ4n) is 2.65. The van der Waals surface area contributed by atoms with E-state index in [1.807, 2.05) is 0 Å². The molecule has 3 rings (SSSR count). The van der Waals surface area contributed by atoms with Gasteiger partial charge in [-0.3, -0.25) is 10.2 Å². The zero-order chi connectivity index (χ0) is 16.8. The molecule has 0 radical (unpaired) electrons. The fourth-order valence-corrected chi connectivity index (χ4v) is 2.65. The number of nitrogens with zero attached hydrogens (tertiary/aromatic N) is 1. The Hall–Kier alpha value is -2.77. The van der Waals surface area contributed by atoms with Crippen LogP contribution in [0.1, 0.15) is 33.4 Å². The minimum atomic E-state index is -4.40. The number of aromatic nitrogens is 1. The summed E-state index contributed by atoms with van der Waals surface area (Å²) in [6.45, 7) is 0.300. The molecule has 0 bridgehead atoms. The fraction of sp³-hybridized carbons (Fsp3) is 0.200. The van der Waals surface area contributed by atoms with Crippen molar-refractivity contribution in [3.05, 3.63) is 58.9 Å². The number of amides is 1. The monoisotopic (exact) mass is 322 g/mol. The lowest BCUT2D eigenvalue weighted by Crippen LogP contribution is -2.39. The maximum Gasteiger partial charge on any atom is 0.416 e. The molecule has 1 aromatic heterocycles. The molecule has 5 nitrogen and oxygen atoms in total. The molecule has 4 N–H and O–H groups in total. The van der Waals surface area contributed by atoms with E-state index in [9.17, 15) is 18.0 Å². The van der Waals surface area contributed by atoms with E-state index in [2.05, 4.69) is 5.32 Å². The molecule has 0 aliphatic carbocycles. The van der Waals surface area contributed by atoms with Crippen LogP contribution in [0.2, 0.25) is 0 Å². The zero-order valence-electron chi connectivity index (χ0n) is 11.8. The highest BCUT2D eigenvalue weighted by molar-refractivity contribution is 5.99. The van der Waals surface area contributed by atoms with Gasteiger partial charge in [0.05, 0.1) is 17.3 Å². The number of hydrogen-bond donors (Lipinski definition) is 3. The van der Waals surface area contributed by atoms with Gasteiger partial charge >= 0.3 is 6.18 Å². The molecule has 8 heteroatoms. The second-order valence-corrected chi connectivity index (χ2v) is 5.27. The first kappa shape index (κ1) is 15.1. The Balaban J connectivity index is 1.92. The van der Waals surface area contributed by atoms with Crippen molar-refractivity contribution in [2.24, 2.45) is 5.73 Å². The van der Waals surface area contributed by atoms with Crippen molar-refractivity contribution >= 4 is 11.7 Å². The molecule has 0 saturated carbocycles. The molecule has 1 unspecified atom stereocenters. The van der Waals surface area contributed by atoms with E-state index >= 15 is 0 Å². The minimum absolute atomic E-state index is 0.169. The molecule has 1 amide bonds. The summed E-state index contributed by atoms with van der Waals surface area (Å²) in [5, 5.41) is 10.3. The Morgan fingerprint density at radius 3 is 2.43 bits per heavy atom. The Morgan fingerprint density at radius 2 is 1.87 bits per heavy atom. The van der Waals surface area contributed by atoms with Crippen LogP contribution in [0.25, 0.3) is 0 Å². The number of carbonyl (C=O) groups excluding carboxylic acids is 1. The molecule has 2 aromatic rings. The van der Waals surface area contributed by atoms with E-state index < -0.39 is 17.8 Å². The Morgan fingerprint density at radius 1 is 1.22 bits per heavy atom. The number of amidine groups is 1. The van der Waals surface area contributed by atoms with Gasteiger partial charge in [0.15, 0.2) is 0 Å². The zero-order valence-corrected chi connectivity index (χ0v) is 11.8. The van der Waals surface area contributed by atoms with Crippen molar-refractivity contribution in [3.63, 3.8) is 0 Å². The lowest BCUT2D eigenvalue weighted by Gasteiger charge is -2.27. The SMILES string of the molecule is N=C(N)c1ccc2n1CC(c1ccc(C(F)(F)F)cc1)NC2=O. The smallest absolute Gasteiger partial charge is 0.382 e. The minimum Gasteiger partial charge on any atom is -0.382 e. The lowest BCUT2D eigenvalue weighted by atomic mass is 10.0. The predicted octanol–water partition coefficient (Wildman–Crippen LogP) is 2.28. The van der Waals surface area contributed by atoms with Gasteiger partial charge in [0.1, 0.15) is 11.5 Å². The quantitative estimate of drug-likeness (QED) is 0.585. The number of hydrogen-bond acceptors (Lipinski definition) is 2. The highest BCUT2D eigenvalue weighted by Crippen LogP contribution is 2.31. The highest BCUT2D eigenvalue weighted by Gasteiger charge is 2.31. The molecule has 1 aliphatic rings. The number of nitrogens with one attached hydrogen (secondary N) is 2. The van der Waals surface area contributed by atoms with Gasteiger partial charge < -0.3 is 15.6 Å². The van der Waals surface area contributed by atoms with Crippen molar-refractivity contribution < 1.29 is 18.0 Å². The first-order valence-corrected chi connectivity index (χ1v) is 6.79. The third-order valence-electron chi connectivity index (χ3n) is 3.80. The van der Waals surface area contributed by atoms with Gasteiger partial charge in [-0.05, 0) is 29.8 Å². The second kappa shape index (κ2) is 5.15. The van der Waals surface area contributed by atoms with Crippen molar-refractivity contribution in [2.45, 2.75) is 18.8 Å². The molecule has 1 aliphatic heterocycles. The molecular formula is C15H13F3N4O. The third-order valence-corrected chi connectivity index (χ3v) is 3.80. The summed E-state index contributed by atoms with van der Waals surface area (Å²) < 4.78 is 39.4. The van der Waals surface area contributed by atoms with Gasteiger partial charge in [-0.15, -0.1) is 0 Å². The van der Waals surface area contributed by atoms with Crippen molar-refractivity contribution in [1.82, 2.24) is 9.88 Å². The van der Waals surface area contributed by atoms with Crippen LogP contribution in [0.3, 0.4) is 0 Å². The molecular weight excluding hydrogens is 309 g/mol. The lowest BCUT2D eigenvalue weighted by molar-refractivity contribution is -0.137. The Bertz CT molecular complexity index is 764. The second-order valence-electron chi connectivity index (χ2n) is 5.27. The number of halogens is 3. The van der Waals surface area contributed by atoms with Crippen molar-refractivity contribution in [2.75, 3.05) is 0 Å². The van der Waals surface area contributed by atoms with E-state index in [-0.39, 0.29) is 11.7 Å². The van der Waals surface area contributed by atoms with Gasteiger partial charge in [-0.25, -0.2) is 0 Å². The summed E-state index contributed by atoms with van der Waals surface area (Å²) in [6, 6.07) is 7.31. The standard InChI is InChI=1S/C15H13F3N4O/c16-15(17,18)9-3-1-8(2-4-9)10-7-22-11(13(19)20)5-6-12(22)14(23)21-10/h1-6,10H,7H2,(H3,19,20)(H,21,23). The maximum absolute atomic E-state index is 12.6. The number of rotatable bonds is 2. The summed E-state index contributed by atoms with van der Waals surface area (Å²) in [6.07, 6.45) is -4.40. The van der Waals surface area contributed by atoms with E-state index in [0.29, 0.717) is 23.5 Å². The van der Waals surface area contributed by atoms with Crippen LogP contribution in [0.15, 0.2) is 36.4 Å². The molecule has 0 fully saturated rings. The average Bonchev–Trinajstić information content (AvgIpc) is 2.91. The van der Waals surface area contributed by atoms with Crippen LogP contribution >= 0.6 is 0 Å². The van der Waals surface area contributed by atoms with E-state index in [0.717, 1.165) is 12.1 Å². The van der Waals surface area contributed by atoms with Gasteiger partial charge in [-0.2, -0.15) is 13.2 Å². The third kappa shape index (κ3) is 2.67. The van der Waals surface area contributed by atoms with Crippen LogP contribution in [-0.2, 0) is 12.7 Å². The first-order chi connectivity index (χ1) is 10.8. The van der Waals surface area contributed by atoms with E-state index in [1.165, 1.54) is 12.1 Å². The average molecular weight is 322 g/mol. The van der Waals surface area contributed by atoms with Crippen LogP contribution in [0, 0.1) is 5.41 Å². The van der Waals surface area contributed by atoms with Gasteiger partial charge in [0.2, 0.25) is 0 Å². The first-order valence-electron chi connectivity index (χ1n) is 6.79. The predicted molar refractivity (Wildman–Crippen MR) is 77.1 cm³/mol. The van der Waals surface area contributed by atoms with Crippen molar-refractivity contribution in [3.8, 4) is 0 Å². The highest BCUT2D eigenvalue weighted by atomic mass is 19.4. The summed E-state index contributed by atoms with van der Waals surface area (Å²) in [7, 11) is 0. The summed E-state index contributed by atoms with van der Waals surface area (Å²) in [5.41, 5.74) is 6.08. The van der Waals surface area contributed by atoms with Crippen LogP contribution in [0.4, 0.5) is 13.2 Å². The van der Waals surface area contributed by atoms with E-state index in [4.69, 9.17) is 11.1 Å². The van der Waals surface area contributed by atoms with Crippen molar-refractivity contribution in [1.29, 1.82) is 5.41 Å². The van der Waals surface area contributed by atoms with Crippen LogP contribution < -0.4 is 11.1 Å². The Labute approximate surface area is 129 Å². The number of nitrogen functional groups attached to an aromatic ring is 1. The number of carbonyl (C=O) groups is 1. The number of alkyl halides is 3. The van der Waals surface area contributed by atoms with Gasteiger partial charge in [0, 0.05) is 6.54 Å². The number of fused-ring (bicyclic) bond motifs is 1. The summed E-state index contributed by atoms with van der Waals surface area (Å²) in [5.74, 6) is -0.522. The Kier molecular flexibility index (Phi) is 3.39. The van der Waals surface area contributed by atoms with Crippen LogP contribution in [-0.4, -0.2) is 16.3 Å². The van der Waals surface area contributed by atoms with Crippen LogP contribution in [0.5, 0.6) is 0 Å². The van der Waals surface area contributed by atoms with Gasteiger partial charge in [0.25, 0.3) is 5.91 Å². The molecule has 1 atom stereocenters.